The molecule has 0 aliphatic heterocycles. The average Bonchev–Trinajstić information content (AvgIpc) is 2.38. The van der Waals surface area contributed by atoms with Crippen LogP contribution in [0, 0.1) is 17.8 Å². The first-order chi connectivity index (χ1) is 9.17. The van der Waals surface area contributed by atoms with Crippen molar-refractivity contribution in [2.75, 3.05) is 18.1 Å². The topological polar surface area (TPSA) is 12.0 Å². The standard InChI is InChI=1S/C17H35NS/c1-5-7-15-8-9-17(13-18-14(3)4)16(12-15)10-11-19-6-2/h14-18H,5-13H2,1-4H3. The number of hydrogen-bond acceptors (Lipinski definition) is 2. The molecule has 114 valence electrons. The van der Waals surface area contributed by atoms with Crippen LogP contribution in [0.25, 0.3) is 0 Å². The summed E-state index contributed by atoms with van der Waals surface area (Å²) in [7, 11) is 0. The summed E-state index contributed by atoms with van der Waals surface area (Å²) in [5, 5.41) is 3.68. The molecule has 1 N–H and O–H groups in total. The van der Waals surface area contributed by atoms with Gasteiger partial charge < -0.3 is 5.32 Å². The van der Waals surface area contributed by atoms with Gasteiger partial charge in [-0.3, -0.25) is 0 Å². The molecule has 0 heterocycles. The van der Waals surface area contributed by atoms with Gasteiger partial charge in [-0.1, -0.05) is 47.0 Å². The molecule has 1 rings (SSSR count). The second kappa shape index (κ2) is 10.1. The zero-order chi connectivity index (χ0) is 14.1. The van der Waals surface area contributed by atoms with Gasteiger partial charge in [0.1, 0.15) is 0 Å². The monoisotopic (exact) mass is 285 g/mol. The van der Waals surface area contributed by atoms with Crippen molar-refractivity contribution in [1.82, 2.24) is 5.32 Å². The number of rotatable bonds is 9. The molecule has 1 saturated carbocycles. The molecule has 0 aromatic carbocycles. The highest BCUT2D eigenvalue weighted by Gasteiger charge is 2.29. The van der Waals surface area contributed by atoms with Crippen molar-refractivity contribution in [1.29, 1.82) is 0 Å². The summed E-state index contributed by atoms with van der Waals surface area (Å²) in [6, 6.07) is 0.638. The Morgan fingerprint density at radius 2 is 1.89 bits per heavy atom. The predicted molar refractivity (Wildman–Crippen MR) is 90.0 cm³/mol. The molecule has 2 heteroatoms. The van der Waals surface area contributed by atoms with Crippen molar-refractivity contribution in [2.45, 2.75) is 72.3 Å². The Balaban J connectivity index is 2.42. The van der Waals surface area contributed by atoms with E-state index in [1.807, 2.05) is 0 Å². The van der Waals surface area contributed by atoms with Gasteiger partial charge in [0.25, 0.3) is 0 Å². The van der Waals surface area contributed by atoms with E-state index < -0.39 is 0 Å². The zero-order valence-corrected chi connectivity index (χ0v) is 14.4. The van der Waals surface area contributed by atoms with Crippen LogP contribution in [0.3, 0.4) is 0 Å². The molecule has 0 radical (unpaired) electrons. The van der Waals surface area contributed by atoms with Crippen molar-refractivity contribution >= 4 is 11.8 Å². The summed E-state index contributed by atoms with van der Waals surface area (Å²) in [6.45, 7) is 10.4. The van der Waals surface area contributed by atoms with Crippen molar-refractivity contribution in [3.63, 3.8) is 0 Å². The maximum Gasteiger partial charge on any atom is 0.00104 e. The van der Waals surface area contributed by atoms with Crippen LogP contribution in [0.5, 0.6) is 0 Å². The highest BCUT2D eigenvalue weighted by atomic mass is 32.2. The summed E-state index contributed by atoms with van der Waals surface area (Å²) in [6.07, 6.45) is 8.73. The molecular weight excluding hydrogens is 250 g/mol. The third kappa shape index (κ3) is 7.04. The molecule has 1 nitrogen and oxygen atoms in total. The number of hydrogen-bond donors (Lipinski definition) is 1. The first kappa shape index (κ1) is 17.4. The van der Waals surface area contributed by atoms with Crippen LogP contribution in [0.2, 0.25) is 0 Å². The molecule has 0 spiro atoms. The SMILES string of the molecule is CCCC1CCC(CNC(C)C)C(CCSCC)C1. The van der Waals surface area contributed by atoms with Gasteiger partial charge in [0, 0.05) is 6.04 Å². The average molecular weight is 286 g/mol. The maximum atomic E-state index is 3.68. The third-order valence-corrected chi connectivity index (χ3v) is 5.50. The Bertz CT molecular complexity index is 217. The van der Waals surface area contributed by atoms with Crippen molar-refractivity contribution in [2.24, 2.45) is 17.8 Å². The molecule has 0 aromatic heterocycles. The summed E-state index contributed by atoms with van der Waals surface area (Å²) >= 11 is 2.12. The van der Waals surface area contributed by atoms with Gasteiger partial charge in [-0.15, -0.1) is 0 Å². The second-order valence-electron chi connectivity index (χ2n) is 6.54. The van der Waals surface area contributed by atoms with Gasteiger partial charge in [-0.2, -0.15) is 11.8 Å². The lowest BCUT2D eigenvalue weighted by Gasteiger charge is -2.37. The first-order valence-electron chi connectivity index (χ1n) is 8.48. The van der Waals surface area contributed by atoms with Crippen LogP contribution < -0.4 is 5.32 Å². The van der Waals surface area contributed by atoms with Crippen molar-refractivity contribution in [3.05, 3.63) is 0 Å². The maximum absolute atomic E-state index is 3.68. The van der Waals surface area contributed by atoms with Gasteiger partial charge in [-0.25, -0.2) is 0 Å². The Morgan fingerprint density at radius 1 is 1.11 bits per heavy atom. The predicted octanol–water partition coefficient (Wildman–Crippen LogP) is 4.96. The smallest absolute Gasteiger partial charge is 0.00104 e. The van der Waals surface area contributed by atoms with Gasteiger partial charge >= 0.3 is 0 Å². The van der Waals surface area contributed by atoms with Crippen molar-refractivity contribution < 1.29 is 0 Å². The number of thioether (sulfide) groups is 1. The van der Waals surface area contributed by atoms with Gasteiger partial charge in [0.2, 0.25) is 0 Å². The Morgan fingerprint density at radius 3 is 2.53 bits per heavy atom. The minimum Gasteiger partial charge on any atom is -0.314 e. The normalized spacial score (nSPS) is 27.9. The summed E-state index contributed by atoms with van der Waals surface area (Å²) in [5.41, 5.74) is 0. The molecule has 3 unspecified atom stereocenters. The van der Waals surface area contributed by atoms with E-state index >= 15 is 0 Å². The van der Waals surface area contributed by atoms with Gasteiger partial charge in [0.15, 0.2) is 0 Å². The fraction of sp³-hybridized carbons (Fsp3) is 1.00. The van der Waals surface area contributed by atoms with E-state index in [-0.39, 0.29) is 0 Å². The highest BCUT2D eigenvalue weighted by molar-refractivity contribution is 7.99. The molecule has 0 bridgehead atoms. The fourth-order valence-electron chi connectivity index (χ4n) is 3.48. The van der Waals surface area contributed by atoms with E-state index in [0.29, 0.717) is 6.04 Å². The van der Waals surface area contributed by atoms with Gasteiger partial charge in [-0.05, 0) is 55.1 Å². The molecule has 3 atom stereocenters. The molecule has 19 heavy (non-hydrogen) atoms. The lowest BCUT2D eigenvalue weighted by Crippen LogP contribution is -2.36. The zero-order valence-electron chi connectivity index (χ0n) is 13.6. The lowest BCUT2D eigenvalue weighted by atomic mass is 9.71. The highest BCUT2D eigenvalue weighted by Crippen LogP contribution is 2.38. The van der Waals surface area contributed by atoms with Crippen LogP contribution in [0.15, 0.2) is 0 Å². The lowest BCUT2D eigenvalue weighted by molar-refractivity contribution is 0.163. The van der Waals surface area contributed by atoms with Crippen molar-refractivity contribution in [3.8, 4) is 0 Å². The van der Waals surface area contributed by atoms with Crippen LogP contribution in [-0.4, -0.2) is 24.1 Å². The van der Waals surface area contributed by atoms with Crippen LogP contribution in [0.1, 0.15) is 66.2 Å². The van der Waals surface area contributed by atoms with E-state index in [4.69, 9.17) is 0 Å². The summed E-state index contributed by atoms with van der Waals surface area (Å²) in [4.78, 5) is 0. The minimum absolute atomic E-state index is 0.638. The first-order valence-corrected chi connectivity index (χ1v) is 9.63. The third-order valence-electron chi connectivity index (χ3n) is 4.57. The molecule has 1 aliphatic rings. The molecule has 0 saturated heterocycles. The molecule has 1 aliphatic carbocycles. The van der Waals surface area contributed by atoms with E-state index in [1.165, 1.54) is 56.6 Å². The fourth-order valence-corrected chi connectivity index (χ4v) is 4.24. The second-order valence-corrected chi connectivity index (χ2v) is 7.93. The Labute approximate surface area is 125 Å². The van der Waals surface area contributed by atoms with Crippen LogP contribution in [-0.2, 0) is 0 Å². The Hall–Kier alpha value is 0.310. The quantitative estimate of drug-likeness (QED) is 0.601. The van der Waals surface area contributed by atoms with E-state index in [0.717, 1.165) is 17.8 Å². The van der Waals surface area contributed by atoms with Crippen LogP contribution in [0.4, 0.5) is 0 Å². The summed E-state index contributed by atoms with van der Waals surface area (Å²) < 4.78 is 0. The summed E-state index contributed by atoms with van der Waals surface area (Å²) in [5.74, 6) is 5.60. The number of nitrogens with one attached hydrogen (secondary N) is 1. The van der Waals surface area contributed by atoms with E-state index in [9.17, 15) is 0 Å². The molecular formula is C17H35NS. The van der Waals surface area contributed by atoms with E-state index in [1.54, 1.807) is 0 Å². The van der Waals surface area contributed by atoms with E-state index in [2.05, 4.69) is 44.8 Å². The molecule has 0 aromatic rings. The molecule has 1 fully saturated rings. The molecule has 0 amide bonds. The van der Waals surface area contributed by atoms with Gasteiger partial charge in [0.05, 0.1) is 0 Å². The minimum atomic E-state index is 0.638. The Kier molecular flexibility index (Phi) is 9.23. The largest absolute Gasteiger partial charge is 0.314 e. The van der Waals surface area contributed by atoms with Crippen LogP contribution >= 0.6 is 11.8 Å².